The first-order valence-electron chi connectivity index (χ1n) is 6.15. The van der Waals surface area contributed by atoms with Gasteiger partial charge in [-0.05, 0) is 37.9 Å². The van der Waals surface area contributed by atoms with Crippen LogP contribution in [0.15, 0.2) is 24.3 Å². The highest BCUT2D eigenvalue weighted by atomic mass is 15.1. The van der Waals surface area contributed by atoms with Gasteiger partial charge in [0.1, 0.15) is 0 Å². The summed E-state index contributed by atoms with van der Waals surface area (Å²) >= 11 is 0. The van der Waals surface area contributed by atoms with Crippen LogP contribution in [0.2, 0.25) is 0 Å². The van der Waals surface area contributed by atoms with E-state index >= 15 is 0 Å². The maximum absolute atomic E-state index is 5.58. The van der Waals surface area contributed by atoms with Crippen molar-refractivity contribution < 1.29 is 0 Å². The van der Waals surface area contributed by atoms with Crippen molar-refractivity contribution in [3.8, 4) is 0 Å². The highest BCUT2D eigenvalue weighted by molar-refractivity contribution is 5.47. The largest absolute Gasteiger partial charge is 0.371 e. The van der Waals surface area contributed by atoms with E-state index in [0.717, 1.165) is 26.1 Å². The van der Waals surface area contributed by atoms with Gasteiger partial charge in [0.2, 0.25) is 0 Å². The summed E-state index contributed by atoms with van der Waals surface area (Å²) < 4.78 is 0. The Morgan fingerprint density at radius 2 is 1.81 bits per heavy atom. The highest BCUT2D eigenvalue weighted by Crippen LogP contribution is 2.16. The second-order valence-electron chi connectivity index (χ2n) is 4.82. The van der Waals surface area contributed by atoms with Crippen LogP contribution >= 0.6 is 0 Å². The van der Waals surface area contributed by atoms with Crippen molar-refractivity contribution in [2.24, 2.45) is 11.7 Å². The van der Waals surface area contributed by atoms with Crippen LogP contribution < -0.4 is 10.6 Å². The van der Waals surface area contributed by atoms with Gasteiger partial charge in [0.25, 0.3) is 0 Å². The zero-order valence-corrected chi connectivity index (χ0v) is 10.7. The summed E-state index contributed by atoms with van der Waals surface area (Å²) in [6.45, 7) is 9.55. The number of benzene rings is 1. The van der Waals surface area contributed by atoms with Crippen molar-refractivity contribution in [2.75, 3.05) is 24.5 Å². The molecule has 1 aromatic rings. The zero-order chi connectivity index (χ0) is 12.0. The monoisotopic (exact) mass is 220 g/mol. The molecule has 0 aromatic heterocycles. The summed E-state index contributed by atoms with van der Waals surface area (Å²) in [5, 5.41) is 0. The summed E-state index contributed by atoms with van der Waals surface area (Å²) in [4.78, 5) is 2.43. The van der Waals surface area contributed by atoms with Crippen molar-refractivity contribution in [3.05, 3.63) is 29.8 Å². The van der Waals surface area contributed by atoms with Gasteiger partial charge in [-0.25, -0.2) is 0 Å². The summed E-state index contributed by atoms with van der Waals surface area (Å²) in [5.74, 6) is 0.680. The van der Waals surface area contributed by atoms with Crippen molar-refractivity contribution in [2.45, 2.75) is 27.2 Å². The molecule has 0 atom stereocenters. The van der Waals surface area contributed by atoms with Gasteiger partial charge in [-0.15, -0.1) is 0 Å². The van der Waals surface area contributed by atoms with Gasteiger partial charge in [0.15, 0.2) is 0 Å². The molecule has 0 heterocycles. The summed E-state index contributed by atoms with van der Waals surface area (Å²) in [7, 11) is 0. The molecule has 0 spiro atoms. The quantitative estimate of drug-likeness (QED) is 0.798. The number of hydrogen-bond donors (Lipinski definition) is 1. The Morgan fingerprint density at radius 3 is 2.31 bits per heavy atom. The van der Waals surface area contributed by atoms with Gasteiger partial charge in [-0.2, -0.15) is 0 Å². The molecule has 90 valence electrons. The molecule has 0 aliphatic carbocycles. The first-order valence-corrected chi connectivity index (χ1v) is 6.15. The highest BCUT2D eigenvalue weighted by Gasteiger charge is 2.07. The van der Waals surface area contributed by atoms with E-state index in [1.165, 1.54) is 11.3 Å². The van der Waals surface area contributed by atoms with E-state index in [2.05, 4.69) is 49.9 Å². The van der Waals surface area contributed by atoms with E-state index < -0.39 is 0 Å². The van der Waals surface area contributed by atoms with Crippen LogP contribution in [-0.2, 0) is 0 Å². The third-order valence-corrected chi connectivity index (χ3v) is 2.62. The van der Waals surface area contributed by atoms with E-state index in [4.69, 9.17) is 5.73 Å². The lowest BCUT2D eigenvalue weighted by atomic mass is 10.1. The molecule has 0 radical (unpaired) electrons. The van der Waals surface area contributed by atoms with Crippen LogP contribution in [0.3, 0.4) is 0 Å². The Morgan fingerprint density at radius 1 is 1.19 bits per heavy atom. The van der Waals surface area contributed by atoms with Crippen LogP contribution in [0, 0.1) is 12.8 Å². The average molecular weight is 220 g/mol. The molecule has 1 rings (SSSR count). The van der Waals surface area contributed by atoms with E-state index in [9.17, 15) is 0 Å². The molecule has 2 nitrogen and oxygen atoms in total. The van der Waals surface area contributed by atoms with Crippen LogP contribution in [0.1, 0.15) is 25.8 Å². The summed E-state index contributed by atoms with van der Waals surface area (Å²) in [5.41, 5.74) is 8.21. The third-order valence-electron chi connectivity index (χ3n) is 2.62. The van der Waals surface area contributed by atoms with Gasteiger partial charge in [-0.1, -0.05) is 31.5 Å². The van der Waals surface area contributed by atoms with E-state index in [-0.39, 0.29) is 0 Å². The van der Waals surface area contributed by atoms with Gasteiger partial charge < -0.3 is 10.6 Å². The van der Waals surface area contributed by atoms with Crippen molar-refractivity contribution in [3.63, 3.8) is 0 Å². The fourth-order valence-corrected chi connectivity index (χ4v) is 1.80. The minimum atomic E-state index is 0.680. The first-order chi connectivity index (χ1) is 7.63. The molecule has 0 aliphatic heterocycles. The lowest BCUT2D eigenvalue weighted by Gasteiger charge is -2.26. The van der Waals surface area contributed by atoms with Gasteiger partial charge in [-0.3, -0.25) is 0 Å². The minimum absolute atomic E-state index is 0.680. The van der Waals surface area contributed by atoms with E-state index in [0.29, 0.717) is 5.92 Å². The fourth-order valence-electron chi connectivity index (χ4n) is 1.80. The maximum atomic E-state index is 5.58. The van der Waals surface area contributed by atoms with Gasteiger partial charge >= 0.3 is 0 Å². The summed E-state index contributed by atoms with van der Waals surface area (Å²) in [6.07, 6.45) is 1.06. The topological polar surface area (TPSA) is 29.3 Å². The Bertz CT molecular complexity index is 290. The number of anilines is 1. The molecule has 0 unspecified atom stereocenters. The van der Waals surface area contributed by atoms with Crippen molar-refractivity contribution >= 4 is 5.69 Å². The van der Waals surface area contributed by atoms with E-state index in [1.807, 2.05) is 0 Å². The molecular formula is C14H24N2. The zero-order valence-electron chi connectivity index (χ0n) is 10.7. The Kier molecular flexibility index (Phi) is 5.33. The molecule has 0 fully saturated rings. The Balaban J connectivity index is 2.70. The molecular weight excluding hydrogens is 196 g/mol. The smallest absolute Gasteiger partial charge is 0.0366 e. The SMILES string of the molecule is Cc1ccc(N(CCCN)CC(C)C)cc1. The second kappa shape index (κ2) is 6.54. The average Bonchev–Trinajstić information content (AvgIpc) is 2.25. The van der Waals surface area contributed by atoms with Crippen LogP contribution in [0.4, 0.5) is 5.69 Å². The molecule has 0 amide bonds. The third kappa shape index (κ3) is 4.23. The predicted molar refractivity (Wildman–Crippen MR) is 71.9 cm³/mol. The van der Waals surface area contributed by atoms with Crippen molar-refractivity contribution in [1.29, 1.82) is 0 Å². The first kappa shape index (κ1) is 13.0. The number of hydrogen-bond acceptors (Lipinski definition) is 2. The standard InChI is InChI=1S/C14H24N2/c1-12(2)11-16(10-4-9-15)14-7-5-13(3)6-8-14/h5-8,12H,4,9-11,15H2,1-3H3. The Labute approximate surface area is 99.5 Å². The fraction of sp³-hybridized carbons (Fsp3) is 0.571. The lowest BCUT2D eigenvalue weighted by Crippen LogP contribution is -2.29. The molecule has 0 bridgehead atoms. The molecule has 0 saturated heterocycles. The van der Waals surface area contributed by atoms with Crippen LogP contribution in [0.25, 0.3) is 0 Å². The van der Waals surface area contributed by atoms with Gasteiger partial charge in [0.05, 0.1) is 0 Å². The number of rotatable bonds is 6. The molecule has 2 N–H and O–H groups in total. The molecule has 0 aliphatic rings. The van der Waals surface area contributed by atoms with E-state index in [1.54, 1.807) is 0 Å². The number of nitrogens with zero attached hydrogens (tertiary/aromatic N) is 1. The summed E-state index contributed by atoms with van der Waals surface area (Å²) in [6, 6.07) is 8.75. The lowest BCUT2D eigenvalue weighted by molar-refractivity contribution is 0.601. The van der Waals surface area contributed by atoms with Gasteiger partial charge in [0, 0.05) is 18.8 Å². The molecule has 1 aromatic carbocycles. The Hall–Kier alpha value is -1.02. The predicted octanol–water partition coefficient (Wildman–Crippen LogP) is 2.81. The van der Waals surface area contributed by atoms with Crippen molar-refractivity contribution in [1.82, 2.24) is 0 Å². The van der Waals surface area contributed by atoms with Crippen LogP contribution in [0.5, 0.6) is 0 Å². The number of aryl methyl sites for hydroxylation is 1. The second-order valence-corrected chi connectivity index (χ2v) is 4.82. The number of nitrogens with two attached hydrogens (primary N) is 1. The van der Waals surface area contributed by atoms with Crippen LogP contribution in [-0.4, -0.2) is 19.6 Å². The molecule has 16 heavy (non-hydrogen) atoms. The minimum Gasteiger partial charge on any atom is -0.371 e. The maximum Gasteiger partial charge on any atom is 0.0366 e. The molecule has 2 heteroatoms. The molecule has 0 saturated carbocycles. The normalized spacial score (nSPS) is 10.8.